The molecule has 18 heavy (non-hydrogen) atoms. The van der Waals surface area contributed by atoms with Crippen molar-refractivity contribution >= 4 is 5.91 Å². The maximum Gasteiger partial charge on any atom is 0.223 e. The molecule has 2 unspecified atom stereocenters. The summed E-state index contributed by atoms with van der Waals surface area (Å²) >= 11 is 0. The van der Waals surface area contributed by atoms with Crippen LogP contribution in [-0.2, 0) is 9.53 Å². The fourth-order valence-corrected chi connectivity index (χ4v) is 2.01. The molecule has 0 saturated carbocycles. The van der Waals surface area contributed by atoms with Crippen LogP contribution in [0.3, 0.4) is 0 Å². The Balaban J connectivity index is 1.93. The molecule has 0 radical (unpaired) electrons. The summed E-state index contributed by atoms with van der Waals surface area (Å²) in [7, 11) is 1.55. The molecule has 2 rings (SSSR count). The summed E-state index contributed by atoms with van der Waals surface area (Å²) in [5, 5.41) is 2.93. The molecule has 1 aromatic carbocycles. The van der Waals surface area contributed by atoms with Gasteiger partial charge >= 0.3 is 0 Å². The molecule has 0 saturated heterocycles. The van der Waals surface area contributed by atoms with Crippen molar-refractivity contribution in [2.45, 2.75) is 18.6 Å². The lowest BCUT2D eigenvalue weighted by Crippen LogP contribution is -2.34. The Morgan fingerprint density at radius 1 is 1.61 bits per heavy atom. The number of ether oxygens (including phenoxy) is 2. The topological polar surface area (TPSA) is 73.6 Å². The van der Waals surface area contributed by atoms with Crippen molar-refractivity contribution in [2.75, 3.05) is 20.3 Å². The molecule has 0 bridgehead atoms. The molecule has 98 valence electrons. The molecule has 0 aliphatic carbocycles. The van der Waals surface area contributed by atoms with Gasteiger partial charge in [-0.25, -0.2) is 0 Å². The minimum Gasteiger partial charge on any atom is -0.491 e. The quantitative estimate of drug-likeness (QED) is 0.802. The van der Waals surface area contributed by atoms with Gasteiger partial charge in [0.1, 0.15) is 12.4 Å². The standard InChI is InChI=1S/C13H18N2O3/c1-17-9(7-14)6-13(16)15-11-8-18-12-5-3-2-4-10(11)12/h2-5,9,11H,6-8,14H2,1H3,(H,15,16). The number of fused-ring (bicyclic) bond motifs is 1. The van der Waals surface area contributed by atoms with E-state index in [4.69, 9.17) is 15.2 Å². The second-order valence-corrected chi connectivity index (χ2v) is 4.27. The first-order valence-corrected chi connectivity index (χ1v) is 5.98. The van der Waals surface area contributed by atoms with E-state index in [-0.39, 0.29) is 24.5 Å². The number of nitrogens with two attached hydrogens (primary N) is 1. The van der Waals surface area contributed by atoms with Gasteiger partial charge in [-0.3, -0.25) is 4.79 Å². The zero-order chi connectivity index (χ0) is 13.0. The zero-order valence-corrected chi connectivity index (χ0v) is 10.4. The molecular formula is C13H18N2O3. The molecule has 3 N–H and O–H groups in total. The lowest BCUT2D eigenvalue weighted by Gasteiger charge is -2.15. The molecule has 1 aliphatic rings. The molecule has 2 atom stereocenters. The van der Waals surface area contributed by atoms with Gasteiger partial charge in [-0.15, -0.1) is 0 Å². The Morgan fingerprint density at radius 3 is 3.11 bits per heavy atom. The fraction of sp³-hybridized carbons (Fsp3) is 0.462. The van der Waals surface area contributed by atoms with Gasteiger partial charge in [-0.2, -0.15) is 0 Å². The van der Waals surface area contributed by atoms with Gasteiger partial charge in [0.2, 0.25) is 5.91 Å². The van der Waals surface area contributed by atoms with Gasteiger partial charge in [-0.05, 0) is 6.07 Å². The van der Waals surface area contributed by atoms with Crippen molar-refractivity contribution in [3.05, 3.63) is 29.8 Å². The van der Waals surface area contributed by atoms with Crippen LogP contribution >= 0.6 is 0 Å². The number of nitrogens with one attached hydrogen (secondary N) is 1. The van der Waals surface area contributed by atoms with E-state index < -0.39 is 0 Å². The number of carbonyl (C=O) groups is 1. The summed E-state index contributed by atoms with van der Waals surface area (Å²) in [6, 6.07) is 7.63. The normalized spacial score (nSPS) is 18.9. The number of rotatable bonds is 5. The second kappa shape index (κ2) is 5.84. The zero-order valence-electron chi connectivity index (χ0n) is 10.4. The molecule has 1 aromatic rings. The Labute approximate surface area is 106 Å². The Bertz CT molecular complexity index is 418. The summed E-state index contributed by atoms with van der Waals surface area (Å²) in [6.45, 7) is 0.813. The van der Waals surface area contributed by atoms with Crippen molar-refractivity contribution in [1.29, 1.82) is 0 Å². The Hall–Kier alpha value is -1.59. The molecule has 0 aromatic heterocycles. The van der Waals surface area contributed by atoms with E-state index in [2.05, 4.69) is 5.32 Å². The van der Waals surface area contributed by atoms with E-state index in [9.17, 15) is 4.79 Å². The summed E-state index contributed by atoms with van der Waals surface area (Å²) in [5.41, 5.74) is 6.51. The maximum atomic E-state index is 11.8. The monoisotopic (exact) mass is 250 g/mol. The summed E-state index contributed by atoms with van der Waals surface area (Å²) in [4.78, 5) is 11.8. The Kier molecular flexibility index (Phi) is 4.17. The predicted molar refractivity (Wildman–Crippen MR) is 67.3 cm³/mol. The smallest absolute Gasteiger partial charge is 0.223 e. The van der Waals surface area contributed by atoms with E-state index >= 15 is 0 Å². The van der Waals surface area contributed by atoms with Crippen LogP contribution in [0.4, 0.5) is 0 Å². The second-order valence-electron chi connectivity index (χ2n) is 4.27. The minimum absolute atomic E-state index is 0.0717. The summed E-state index contributed by atoms with van der Waals surface area (Å²) in [5.74, 6) is 0.766. The highest BCUT2D eigenvalue weighted by Crippen LogP contribution is 2.31. The van der Waals surface area contributed by atoms with E-state index in [0.29, 0.717) is 13.2 Å². The van der Waals surface area contributed by atoms with Gasteiger partial charge < -0.3 is 20.5 Å². The first kappa shape index (κ1) is 12.9. The van der Waals surface area contributed by atoms with Crippen molar-refractivity contribution in [3.63, 3.8) is 0 Å². The van der Waals surface area contributed by atoms with Crippen LogP contribution in [0.1, 0.15) is 18.0 Å². The average Bonchev–Trinajstić information content (AvgIpc) is 2.79. The number of para-hydroxylation sites is 1. The first-order chi connectivity index (χ1) is 8.74. The molecular weight excluding hydrogens is 232 g/mol. The van der Waals surface area contributed by atoms with Crippen molar-refractivity contribution in [1.82, 2.24) is 5.32 Å². The molecule has 0 fully saturated rings. The number of hydrogen-bond acceptors (Lipinski definition) is 4. The highest BCUT2D eigenvalue weighted by atomic mass is 16.5. The van der Waals surface area contributed by atoms with Crippen molar-refractivity contribution in [3.8, 4) is 5.75 Å². The van der Waals surface area contributed by atoms with Crippen molar-refractivity contribution < 1.29 is 14.3 Å². The Morgan fingerprint density at radius 2 is 2.39 bits per heavy atom. The van der Waals surface area contributed by atoms with Crippen LogP contribution in [0, 0.1) is 0 Å². The lowest BCUT2D eigenvalue weighted by atomic mass is 10.1. The van der Waals surface area contributed by atoms with Crippen LogP contribution in [0.25, 0.3) is 0 Å². The SMILES string of the molecule is COC(CN)CC(=O)NC1COc2ccccc21. The van der Waals surface area contributed by atoms with Crippen LogP contribution in [0.15, 0.2) is 24.3 Å². The molecule has 5 nitrogen and oxygen atoms in total. The summed E-state index contributed by atoms with van der Waals surface area (Å²) < 4.78 is 10.6. The molecule has 1 aliphatic heterocycles. The van der Waals surface area contributed by atoms with Gasteiger partial charge in [0.15, 0.2) is 0 Å². The maximum absolute atomic E-state index is 11.8. The predicted octanol–water partition coefficient (Wildman–Crippen LogP) is 0.600. The number of methoxy groups -OCH3 is 1. The largest absolute Gasteiger partial charge is 0.491 e. The first-order valence-electron chi connectivity index (χ1n) is 5.98. The van der Waals surface area contributed by atoms with Gasteiger partial charge in [0.25, 0.3) is 0 Å². The third-order valence-corrected chi connectivity index (χ3v) is 3.04. The van der Waals surface area contributed by atoms with E-state index in [1.165, 1.54) is 0 Å². The van der Waals surface area contributed by atoms with E-state index in [0.717, 1.165) is 11.3 Å². The van der Waals surface area contributed by atoms with Crippen LogP contribution < -0.4 is 15.8 Å². The van der Waals surface area contributed by atoms with Gasteiger partial charge in [0.05, 0.1) is 18.6 Å². The minimum atomic E-state index is -0.234. The molecule has 1 heterocycles. The van der Waals surface area contributed by atoms with Crippen molar-refractivity contribution in [2.24, 2.45) is 5.73 Å². The van der Waals surface area contributed by atoms with Crippen LogP contribution in [0.5, 0.6) is 5.75 Å². The average molecular weight is 250 g/mol. The third-order valence-electron chi connectivity index (χ3n) is 3.04. The number of amides is 1. The van der Waals surface area contributed by atoms with Crippen LogP contribution in [-0.4, -0.2) is 32.3 Å². The number of carbonyl (C=O) groups excluding carboxylic acids is 1. The van der Waals surface area contributed by atoms with Gasteiger partial charge in [0, 0.05) is 19.2 Å². The molecule has 1 amide bonds. The fourth-order valence-electron chi connectivity index (χ4n) is 2.01. The molecule has 5 heteroatoms. The van der Waals surface area contributed by atoms with Gasteiger partial charge in [-0.1, -0.05) is 18.2 Å². The summed E-state index contributed by atoms with van der Waals surface area (Å²) in [6.07, 6.45) is 0.0358. The number of benzene rings is 1. The third kappa shape index (κ3) is 2.80. The van der Waals surface area contributed by atoms with E-state index in [1.807, 2.05) is 24.3 Å². The highest BCUT2D eigenvalue weighted by molar-refractivity contribution is 5.77. The lowest BCUT2D eigenvalue weighted by molar-refractivity contribution is -0.124. The van der Waals surface area contributed by atoms with E-state index in [1.54, 1.807) is 7.11 Å². The molecule has 0 spiro atoms. The highest BCUT2D eigenvalue weighted by Gasteiger charge is 2.25. The van der Waals surface area contributed by atoms with Crippen LogP contribution in [0.2, 0.25) is 0 Å². The number of hydrogen-bond donors (Lipinski definition) is 2.